The summed E-state index contributed by atoms with van der Waals surface area (Å²) in [7, 11) is 1.27. The Kier molecular flexibility index (Phi) is 2.40. The van der Waals surface area contributed by atoms with Crippen LogP contribution in [-0.2, 0) is 12.6 Å². The summed E-state index contributed by atoms with van der Waals surface area (Å²) in [5.41, 5.74) is -0.0371. The van der Waals surface area contributed by atoms with Crippen LogP contribution in [0.2, 0.25) is 0 Å². The molecule has 86 valence electrons. The highest BCUT2D eigenvalue weighted by Crippen LogP contribution is 2.38. The van der Waals surface area contributed by atoms with Gasteiger partial charge in [0.05, 0.1) is 18.2 Å². The van der Waals surface area contributed by atoms with Crippen LogP contribution in [-0.4, -0.2) is 12.9 Å². The van der Waals surface area contributed by atoms with Gasteiger partial charge in [0, 0.05) is 6.42 Å². The number of aryl methyl sites for hydroxylation is 1. The Morgan fingerprint density at radius 1 is 1.25 bits per heavy atom. The molecule has 1 aromatic rings. The minimum atomic E-state index is -4.41. The first kappa shape index (κ1) is 11.0. The summed E-state index contributed by atoms with van der Waals surface area (Å²) in [6.07, 6.45) is -3.80. The van der Waals surface area contributed by atoms with Gasteiger partial charge in [0.1, 0.15) is 5.75 Å². The number of alkyl halides is 3. The van der Waals surface area contributed by atoms with Crippen molar-refractivity contribution in [2.45, 2.75) is 19.0 Å². The first-order valence-corrected chi connectivity index (χ1v) is 4.75. The van der Waals surface area contributed by atoms with E-state index in [2.05, 4.69) is 0 Å². The predicted molar refractivity (Wildman–Crippen MR) is 50.6 cm³/mol. The minimum Gasteiger partial charge on any atom is -0.496 e. The molecule has 16 heavy (non-hydrogen) atoms. The second kappa shape index (κ2) is 3.50. The van der Waals surface area contributed by atoms with Crippen molar-refractivity contribution in [3.05, 3.63) is 28.8 Å². The monoisotopic (exact) mass is 230 g/mol. The van der Waals surface area contributed by atoms with E-state index in [0.717, 1.165) is 12.1 Å². The van der Waals surface area contributed by atoms with E-state index in [-0.39, 0.29) is 18.0 Å². The van der Waals surface area contributed by atoms with E-state index in [1.165, 1.54) is 7.11 Å². The van der Waals surface area contributed by atoms with Crippen molar-refractivity contribution in [3.8, 4) is 5.75 Å². The molecule has 1 aliphatic rings. The van der Waals surface area contributed by atoms with Gasteiger partial charge in [-0.2, -0.15) is 13.2 Å². The Morgan fingerprint density at radius 2 is 1.94 bits per heavy atom. The lowest BCUT2D eigenvalue weighted by molar-refractivity contribution is -0.137. The minimum absolute atomic E-state index is 0.0207. The van der Waals surface area contributed by atoms with Crippen LogP contribution in [0.1, 0.15) is 27.9 Å². The van der Waals surface area contributed by atoms with Gasteiger partial charge in [-0.3, -0.25) is 4.79 Å². The normalized spacial score (nSPS) is 15.1. The molecule has 0 radical (unpaired) electrons. The number of hydrogen-bond acceptors (Lipinski definition) is 2. The molecule has 0 aliphatic heterocycles. The van der Waals surface area contributed by atoms with Crippen molar-refractivity contribution >= 4 is 5.78 Å². The Labute approximate surface area is 90.0 Å². The van der Waals surface area contributed by atoms with Gasteiger partial charge in [-0.15, -0.1) is 0 Å². The molecule has 0 bridgehead atoms. The van der Waals surface area contributed by atoms with Gasteiger partial charge < -0.3 is 4.74 Å². The standard InChI is InChI=1S/C11H9F3O2/c1-16-9-5-7(11(12,13)14)4-6-2-3-8(15)10(6)9/h4-5H,2-3H2,1H3. The number of hydrogen-bond donors (Lipinski definition) is 0. The van der Waals surface area contributed by atoms with E-state index < -0.39 is 11.7 Å². The Balaban J connectivity index is 2.60. The molecule has 0 atom stereocenters. The summed E-state index contributed by atoms with van der Waals surface area (Å²) in [6, 6.07) is 1.91. The van der Waals surface area contributed by atoms with E-state index in [4.69, 9.17) is 4.74 Å². The molecule has 1 aliphatic carbocycles. The molecule has 5 heteroatoms. The van der Waals surface area contributed by atoms with Gasteiger partial charge in [-0.1, -0.05) is 0 Å². The summed E-state index contributed by atoms with van der Waals surface area (Å²) >= 11 is 0. The van der Waals surface area contributed by atoms with E-state index in [1.807, 2.05) is 0 Å². The summed E-state index contributed by atoms with van der Waals surface area (Å²) < 4.78 is 42.4. The average Bonchev–Trinajstić information content (AvgIpc) is 2.58. The number of ether oxygens (including phenoxy) is 1. The van der Waals surface area contributed by atoms with Gasteiger partial charge in [0.2, 0.25) is 0 Å². The number of fused-ring (bicyclic) bond motifs is 1. The lowest BCUT2D eigenvalue weighted by atomic mass is 10.0. The zero-order valence-corrected chi connectivity index (χ0v) is 8.52. The van der Waals surface area contributed by atoms with E-state index in [0.29, 0.717) is 17.5 Å². The lowest BCUT2D eigenvalue weighted by Gasteiger charge is -2.12. The molecule has 0 N–H and O–H groups in total. The first-order valence-electron chi connectivity index (χ1n) is 4.75. The molecule has 0 fully saturated rings. The highest BCUT2D eigenvalue weighted by atomic mass is 19.4. The SMILES string of the molecule is COc1cc(C(F)(F)F)cc2c1C(=O)CC2. The zero-order chi connectivity index (χ0) is 11.9. The van der Waals surface area contributed by atoms with Gasteiger partial charge in [0.25, 0.3) is 0 Å². The van der Waals surface area contributed by atoms with Crippen molar-refractivity contribution in [2.24, 2.45) is 0 Å². The lowest BCUT2D eigenvalue weighted by Crippen LogP contribution is -2.07. The van der Waals surface area contributed by atoms with Crippen LogP contribution >= 0.6 is 0 Å². The topological polar surface area (TPSA) is 26.3 Å². The zero-order valence-electron chi connectivity index (χ0n) is 8.52. The maximum absolute atomic E-state index is 12.5. The molecule has 0 heterocycles. The molecule has 2 nitrogen and oxygen atoms in total. The molecule has 1 aromatic carbocycles. The quantitative estimate of drug-likeness (QED) is 0.741. The number of methoxy groups -OCH3 is 1. The summed E-state index contributed by atoms with van der Waals surface area (Å²) in [5, 5.41) is 0. The fourth-order valence-electron chi connectivity index (χ4n) is 1.88. The first-order chi connectivity index (χ1) is 7.43. The van der Waals surface area contributed by atoms with E-state index in [9.17, 15) is 18.0 Å². The number of rotatable bonds is 1. The van der Waals surface area contributed by atoms with E-state index in [1.54, 1.807) is 0 Å². The highest BCUT2D eigenvalue weighted by Gasteiger charge is 2.34. The van der Waals surface area contributed by atoms with Crippen LogP contribution in [0.4, 0.5) is 13.2 Å². The Morgan fingerprint density at radius 3 is 2.50 bits per heavy atom. The molecule has 0 unspecified atom stereocenters. The van der Waals surface area contributed by atoms with Crippen molar-refractivity contribution in [3.63, 3.8) is 0 Å². The van der Waals surface area contributed by atoms with Gasteiger partial charge in [-0.05, 0) is 24.1 Å². The van der Waals surface area contributed by atoms with Crippen LogP contribution < -0.4 is 4.74 Å². The van der Waals surface area contributed by atoms with Crippen molar-refractivity contribution in [1.82, 2.24) is 0 Å². The number of halogens is 3. The third kappa shape index (κ3) is 1.66. The Bertz CT molecular complexity index is 449. The number of benzene rings is 1. The molecule has 0 saturated heterocycles. The van der Waals surface area contributed by atoms with Crippen molar-refractivity contribution in [2.75, 3.05) is 7.11 Å². The maximum atomic E-state index is 12.5. The fourth-order valence-corrected chi connectivity index (χ4v) is 1.88. The molecule has 2 rings (SSSR count). The van der Waals surface area contributed by atoms with Crippen LogP contribution in [0.15, 0.2) is 12.1 Å². The molecule has 0 aromatic heterocycles. The maximum Gasteiger partial charge on any atom is 0.416 e. The highest BCUT2D eigenvalue weighted by molar-refractivity contribution is 6.03. The second-order valence-corrected chi connectivity index (χ2v) is 3.63. The second-order valence-electron chi connectivity index (χ2n) is 3.63. The molecule has 0 amide bonds. The van der Waals surface area contributed by atoms with Crippen molar-refractivity contribution < 1.29 is 22.7 Å². The van der Waals surface area contributed by atoms with Crippen molar-refractivity contribution in [1.29, 1.82) is 0 Å². The third-order valence-electron chi connectivity index (χ3n) is 2.63. The van der Waals surface area contributed by atoms with Gasteiger partial charge >= 0.3 is 6.18 Å². The van der Waals surface area contributed by atoms with Crippen LogP contribution in [0.25, 0.3) is 0 Å². The van der Waals surface area contributed by atoms with Gasteiger partial charge in [0.15, 0.2) is 5.78 Å². The number of Topliss-reactive ketones (excluding diaryl/α,β-unsaturated/α-hetero) is 1. The molecular formula is C11H9F3O2. The van der Waals surface area contributed by atoms with Gasteiger partial charge in [-0.25, -0.2) is 0 Å². The summed E-state index contributed by atoms with van der Waals surface area (Å²) in [4.78, 5) is 11.4. The number of carbonyl (C=O) groups excluding carboxylic acids is 1. The van der Waals surface area contributed by atoms with E-state index >= 15 is 0 Å². The van der Waals surface area contributed by atoms with Crippen LogP contribution in [0, 0.1) is 0 Å². The van der Waals surface area contributed by atoms with Crippen LogP contribution in [0.3, 0.4) is 0 Å². The number of ketones is 1. The average molecular weight is 230 g/mol. The smallest absolute Gasteiger partial charge is 0.416 e. The molecule has 0 saturated carbocycles. The largest absolute Gasteiger partial charge is 0.496 e. The molecular weight excluding hydrogens is 221 g/mol. The fraction of sp³-hybridized carbons (Fsp3) is 0.364. The summed E-state index contributed by atoms with van der Waals surface area (Å²) in [6.45, 7) is 0. The van der Waals surface area contributed by atoms with Crippen LogP contribution in [0.5, 0.6) is 5.75 Å². The molecule has 0 spiro atoms. The number of carbonyl (C=O) groups is 1. The Hall–Kier alpha value is -1.52. The third-order valence-corrected chi connectivity index (χ3v) is 2.63. The summed E-state index contributed by atoms with van der Waals surface area (Å²) in [5.74, 6) is -0.132. The predicted octanol–water partition coefficient (Wildman–Crippen LogP) is 2.84.